The molecule has 2 N–H and O–H groups in total. The Morgan fingerprint density at radius 3 is 2.91 bits per heavy atom. The maximum atomic E-state index is 11.8. The number of carbonyl (C=O) groups excluding carboxylic acids is 1. The number of para-hydroxylation sites is 1. The Balaban J connectivity index is 1.65. The molecule has 1 aliphatic heterocycles. The molecule has 1 aromatic carbocycles. The summed E-state index contributed by atoms with van der Waals surface area (Å²) >= 11 is 0. The van der Waals surface area contributed by atoms with Gasteiger partial charge in [-0.25, -0.2) is 4.79 Å². The molecule has 1 heterocycles. The average molecular weight is 305 g/mol. The summed E-state index contributed by atoms with van der Waals surface area (Å²) in [4.78, 5) is 26.0. The van der Waals surface area contributed by atoms with Crippen molar-refractivity contribution in [2.75, 3.05) is 38.1 Å². The minimum atomic E-state index is -0.896. The van der Waals surface area contributed by atoms with Gasteiger partial charge in [0.05, 0.1) is 6.42 Å². The lowest BCUT2D eigenvalue weighted by molar-refractivity contribution is -0.137. The molecule has 120 valence electrons. The SMILES string of the molecule is CN(CCC(=O)O)C(=O)NCCCN1CCc2ccccc21. The molecule has 22 heavy (non-hydrogen) atoms. The first-order valence-electron chi connectivity index (χ1n) is 7.61. The largest absolute Gasteiger partial charge is 0.481 e. The van der Waals surface area contributed by atoms with Crippen LogP contribution in [-0.2, 0) is 11.2 Å². The molecule has 0 saturated carbocycles. The van der Waals surface area contributed by atoms with Crippen molar-refractivity contribution in [2.45, 2.75) is 19.3 Å². The number of carboxylic acids is 1. The van der Waals surface area contributed by atoms with E-state index in [9.17, 15) is 9.59 Å². The van der Waals surface area contributed by atoms with Crippen LogP contribution in [0.25, 0.3) is 0 Å². The number of carbonyl (C=O) groups is 2. The van der Waals surface area contributed by atoms with E-state index in [1.54, 1.807) is 7.05 Å². The summed E-state index contributed by atoms with van der Waals surface area (Å²) in [6.45, 7) is 2.76. The van der Waals surface area contributed by atoms with E-state index in [-0.39, 0.29) is 19.0 Å². The van der Waals surface area contributed by atoms with Gasteiger partial charge in [0.15, 0.2) is 0 Å². The predicted molar refractivity (Wildman–Crippen MR) is 85.3 cm³/mol. The van der Waals surface area contributed by atoms with Crippen LogP contribution in [0.2, 0.25) is 0 Å². The quantitative estimate of drug-likeness (QED) is 0.750. The van der Waals surface area contributed by atoms with Crippen LogP contribution in [0.4, 0.5) is 10.5 Å². The molecule has 0 bridgehead atoms. The molecule has 0 radical (unpaired) electrons. The normalized spacial score (nSPS) is 12.9. The van der Waals surface area contributed by atoms with Gasteiger partial charge in [0.1, 0.15) is 0 Å². The van der Waals surface area contributed by atoms with Gasteiger partial charge in [-0.3, -0.25) is 4.79 Å². The number of carboxylic acid groups (broad SMARTS) is 1. The Bertz CT molecular complexity index is 533. The van der Waals surface area contributed by atoms with E-state index in [2.05, 4.69) is 34.5 Å². The number of amides is 2. The zero-order valence-corrected chi connectivity index (χ0v) is 12.9. The molecule has 0 fully saturated rings. The second-order valence-electron chi connectivity index (χ2n) is 5.52. The molecular formula is C16H23N3O3. The lowest BCUT2D eigenvalue weighted by atomic mass is 10.2. The molecule has 1 aliphatic rings. The number of anilines is 1. The number of urea groups is 1. The van der Waals surface area contributed by atoms with Crippen LogP contribution < -0.4 is 10.2 Å². The topological polar surface area (TPSA) is 72.9 Å². The molecule has 0 aromatic heterocycles. The number of benzene rings is 1. The van der Waals surface area contributed by atoms with Crippen molar-refractivity contribution in [2.24, 2.45) is 0 Å². The average Bonchev–Trinajstić information content (AvgIpc) is 2.92. The highest BCUT2D eigenvalue weighted by Crippen LogP contribution is 2.27. The maximum Gasteiger partial charge on any atom is 0.317 e. The van der Waals surface area contributed by atoms with Gasteiger partial charge in [0.25, 0.3) is 0 Å². The Kier molecular flexibility index (Phi) is 5.63. The van der Waals surface area contributed by atoms with E-state index in [4.69, 9.17) is 5.11 Å². The highest BCUT2D eigenvalue weighted by Gasteiger charge is 2.17. The summed E-state index contributed by atoms with van der Waals surface area (Å²) in [5, 5.41) is 11.4. The number of nitrogens with one attached hydrogen (secondary N) is 1. The molecule has 1 aromatic rings. The first-order valence-corrected chi connectivity index (χ1v) is 7.61. The molecule has 0 saturated heterocycles. The molecule has 0 atom stereocenters. The zero-order chi connectivity index (χ0) is 15.9. The zero-order valence-electron chi connectivity index (χ0n) is 12.9. The Hall–Kier alpha value is -2.24. The summed E-state index contributed by atoms with van der Waals surface area (Å²) < 4.78 is 0. The van der Waals surface area contributed by atoms with E-state index in [1.807, 2.05) is 0 Å². The summed E-state index contributed by atoms with van der Waals surface area (Å²) in [6.07, 6.45) is 1.92. The third-order valence-corrected chi connectivity index (χ3v) is 3.87. The molecule has 0 aliphatic carbocycles. The Morgan fingerprint density at radius 1 is 1.36 bits per heavy atom. The number of aliphatic carboxylic acids is 1. The monoisotopic (exact) mass is 305 g/mol. The standard InChI is InChI=1S/C16H23N3O3/c1-18(11-8-15(20)21)16(22)17-9-4-10-19-12-7-13-5-2-3-6-14(13)19/h2-3,5-6H,4,7-12H2,1H3,(H,17,22)(H,20,21). The van der Waals surface area contributed by atoms with Crippen LogP contribution in [0.1, 0.15) is 18.4 Å². The van der Waals surface area contributed by atoms with Crippen molar-refractivity contribution >= 4 is 17.7 Å². The van der Waals surface area contributed by atoms with E-state index in [1.165, 1.54) is 16.2 Å². The van der Waals surface area contributed by atoms with Crippen LogP contribution in [0.3, 0.4) is 0 Å². The lowest BCUT2D eigenvalue weighted by Gasteiger charge is -2.20. The minimum Gasteiger partial charge on any atom is -0.481 e. The van der Waals surface area contributed by atoms with Gasteiger partial charge in [0, 0.05) is 38.9 Å². The maximum absolute atomic E-state index is 11.8. The molecule has 2 rings (SSSR count). The fraction of sp³-hybridized carbons (Fsp3) is 0.500. The van der Waals surface area contributed by atoms with Crippen molar-refractivity contribution in [1.29, 1.82) is 0 Å². The summed E-state index contributed by atoms with van der Waals surface area (Å²) in [6, 6.07) is 8.20. The highest BCUT2D eigenvalue weighted by atomic mass is 16.4. The number of hydrogen-bond acceptors (Lipinski definition) is 3. The smallest absolute Gasteiger partial charge is 0.317 e. The number of hydrogen-bond donors (Lipinski definition) is 2. The van der Waals surface area contributed by atoms with Crippen molar-refractivity contribution in [1.82, 2.24) is 10.2 Å². The van der Waals surface area contributed by atoms with Crippen LogP contribution in [0, 0.1) is 0 Å². The molecule has 6 heteroatoms. The first kappa shape index (κ1) is 16.1. The third kappa shape index (κ3) is 4.38. The van der Waals surface area contributed by atoms with E-state index >= 15 is 0 Å². The van der Waals surface area contributed by atoms with Crippen molar-refractivity contribution in [3.05, 3.63) is 29.8 Å². The van der Waals surface area contributed by atoms with Gasteiger partial charge in [-0.2, -0.15) is 0 Å². The van der Waals surface area contributed by atoms with Gasteiger partial charge < -0.3 is 20.2 Å². The lowest BCUT2D eigenvalue weighted by Crippen LogP contribution is -2.39. The Morgan fingerprint density at radius 2 is 2.14 bits per heavy atom. The number of nitrogens with zero attached hydrogens (tertiary/aromatic N) is 2. The first-order chi connectivity index (χ1) is 10.6. The highest BCUT2D eigenvalue weighted by molar-refractivity contribution is 5.74. The van der Waals surface area contributed by atoms with Crippen LogP contribution >= 0.6 is 0 Å². The number of rotatable bonds is 7. The molecule has 0 spiro atoms. The molecular weight excluding hydrogens is 282 g/mol. The van der Waals surface area contributed by atoms with E-state index in [0.29, 0.717) is 6.54 Å². The van der Waals surface area contributed by atoms with Gasteiger partial charge in [0.2, 0.25) is 0 Å². The second-order valence-corrected chi connectivity index (χ2v) is 5.52. The van der Waals surface area contributed by atoms with Crippen LogP contribution in [0.15, 0.2) is 24.3 Å². The fourth-order valence-corrected chi connectivity index (χ4v) is 2.60. The van der Waals surface area contributed by atoms with E-state index < -0.39 is 5.97 Å². The van der Waals surface area contributed by atoms with Crippen molar-refractivity contribution in [3.63, 3.8) is 0 Å². The summed E-state index contributed by atoms with van der Waals surface area (Å²) in [5.74, 6) is -0.896. The van der Waals surface area contributed by atoms with Gasteiger partial charge in [-0.1, -0.05) is 18.2 Å². The molecule has 6 nitrogen and oxygen atoms in total. The van der Waals surface area contributed by atoms with Gasteiger partial charge in [-0.15, -0.1) is 0 Å². The minimum absolute atomic E-state index is 0.0333. The summed E-state index contributed by atoms with van der Waals surface area (Å²) in [5.41, 5.74) is 2.69. The van der Waals surface area contributed by atoms with Crippen LogP contribution in [-0.4, -0.2) is 55.2 Å². The fourth-order valence-electron chi connectivity index (χ4n) is 2.60. The summed E-state index contributed by atoms with van der Waals surface area (Å²) in [7, 11) is 1.61. The van der Waals surface area contributed by atoms with Gasteiger partial charge >= 0.3 is 12.0 Å². The Labute approximate surface area is 130 Å². The predicted octanol–water partition coefficient (Wildman–Crippen LogP) is 1.56. The van der Waals surface area contributed by atoms with Crippen molar-refractivity contribution < 1.29 is 14.7 Å². The molecule has 0 unspecified atom stereocenters. The second kappa shape index (κ2) is 7.68. The number of fused-ring (bicyclic) bond motifs is 1. The van der Waals surface area contributed by atoms with E-state index in [0.717, 1.165) is 25.9 Å². The van der Waals surface area contributed by atoms with Gasteiger partial charge in [-0.05, 0) is 24.5 Å². The third-order valence-electron chi connectivity index (χ3n) is 3.87. The van der Waals surface area contributed by atoms with Crippen LogP contribution in [0.5, 0.6) is 0 Å². The van der Waals surface area contributed by atoms with Crippen molar-refractivity contribution in [3.8, 4) is 0 Å². The molecule has 2 amide bonds.